The molecule has 2 nitrogen and oxygen atoms in total. The number of halogens is 3. The molecule has 0 atom stereocenters. The fourth-order valence-corrected chi connectivity index (χ4v) is 1.29. The Morgan fingerprint density at radius 2 is 2.00 bits per heavy atom. The summed E-state index contributed by atoms with van der Waals surface area (Å²) in [4.78, 5) is 10.7. The van der Waals surface area contributed by atoms with Crippen LogP contribution in [0.2, 0.25) is 0 Å². The van der Waals surface area contributed by atoms with E-state index in [2.05, 4.69) is 0 Å². The van der Waals surface area contributed by atoms with Crippen molar-refractivity contribution < 1.29 is 22.7 Å². The topological polar surface area (TPSA) is 26.3 Å². The molecule has 0 aliphatic carbocycles. The van der Waals surface area contributed by atoms with Crippen molar-refractivity contribution in [2.75, 3.05) is 0 Å². The number of hydrogen-bond donors (Lipinski definition) is 0. The summed E-state index contributed by atoms with van der Waals surface area (Å²) < 4.78 is 42.0. The van der Waals surface area contributed by atoms with Crippen molar-refractivity contribution in [2.24, 2.45) is 0 Å². The minimum atomic E-state index is -4.38. The highest BCUT2D eigenvalue weighted by Gasteiger charge is 2.31. The number of esters is 1. The van der Waals surface area contributed by atoms with Gasteiger partial charge in [0.25, 0.3) is 0 Å². The minimum Gasteiger partial charge on any atom is -0.426 e. The maximum Gasteiger partial charge on any atom is 0.416 e. The van der Waals surface area contributed by atoms with E-state index < -0.39 is 17.7 Å². The number of hydrogen-bond acceptors (Lipinski definition) is 2. The average Bonchev–Trinajstić information content (AvgIpc) is 2.15. The normalized spacial score (nSPS) is 11.3. The first kappa shape index (κ1) is 12.5. The molecule has 1 aromatic carbocycles. The molecule has 1 rings (SSSR count). The smallest absolute Gasteiger partial charge is 0.416 e. The fourth-order valence-electron chi connectivity index (χ4n) is 1.29. The molecule has 0 amide bonds. The van der Waals surface area contributed by atoms with Crippen LogP contribution in [-0.2, 0) is 17.4 Å². The molecular formula is C11H11F3O2. The third-order valence-electron chi connectivity index (χ3n) is 2.02. The van der Waals surface area contributed by atoms with Gasteiger partial charge in [-0.2, -0.15) is 13.2 Å². The first-order valence-corrected chi connectivity index (χ1v) is 4.73. The fraction of sp³-hybridized carbons (Fsp3) is 0.364. The van der Waals surface area contributed by atoms with Gasteiger partial charge in [-0.1, -0.05) is 6.92 Å². The van der Waals surface area contributed by atoms with Crippen LogP contribution in [0, 0.1) is 0 Å². The molecule has 0 heterocycles. The lowest BCUT2D eigenvalue weighted by atomic mass is 10.1. The summed E-state index contributed by atoms with van der Waals surface area (Å²) in [6.07, 6.45) is -4.01. The summed E-state index contributed by atoms with van der Waals surface area (Å²) >= 11 is 0. The average molecular weight is 232 g/mol. The number of benzene rings is 1. The van der Waals surface area contributed by atoms with E-state index in [1.807, 2.05) is 0 Å². The van der Waals surface area contributed by atoms with Crippen LogP contribution in [0.25, 0.3) is 0 Å². The first-order valence-electron chi connectivity index (χ1n) is 4.73. The highest BCUT2D eigenvalue weighted by atomic mass is 19.4. The van der Waals surface area contributed by atoms with E-state index in [4.69, 9.17) is 4.74 Å². The SMILES string of the molecule is CCc1cc(C(F)(F)F)ccc1OC(C)=O. The van der Waals surface area contributed by atoms with Crippen molar-refractivity contribution in [1.29, 1.82) is 0 Å². The van der Waals surface area contributed by atoms with E-state index in [1.165, 1.54) is 13.0 Å². The summed E-state index contributed by atoms with van der Waals surface area (Å²) in [6.45, 7) is 2.90. The number of rotatable bonds is 2. The molecule has 0 saturated heterocycles. The van der Waals surface area contributed by atoms with Gasteiger partial charge in [0.2, 0.25) is 0 Å². The lowest BCUT2D eigenvalue weighted by molar-refractivity contribution is -0.137. The summed E-state index contributed by atoms with van der Waals surface area (Å²) in [5, 5.41) is 0. The Hall–Kier alpha value is -1.52. The lowest BCUT2D eigenvalue weighted by Gasteiger charge is -2.11. The van der Waals surface area contributed by atoms with Crippen LogP contribution in [0.5, 0.6) is 5.75 Å². The Balaban J connectivity index is 3.11. The van der Waals surface area contributed by atoms with Crippen molar-refractivity contribution >= 4 is 5.97 Å². The van der Waals surface area contributed by atoms with Crippen LogP contribution in [0.1, 0.15) is 25.0 Å². The zero-order valence-corrected chi connectivity index (χ0v) is 8.89. The van der Waals surface area contributed by atoms with Crippen molar-refractivity contribution in [2.45, 2.75) is 26.4 Å². The molecule has 0 aliphatic rings. The number of carbonyl (C=O) groups excluding carboxylic acids is 1. The van der Waals surface area contributed by atoms with E-state index in [-0.39, 0.29) is 5.75 Å². The van der Waals surface area contributed by atoms with Crippen molar-refractivity contribution in [3.05, 3.63) is 29.3 Å². The second-order valence-electron chi connectivity index (χ2n) is 3.27. The Labute approximate surface area is 91.0 Å². The minimum absolute atomic E-state index is 0.183. The van der Waals surface area contributed by atoms with Gasteiger partial charge >= 0.3 is 12.1 Å². The van der Waals surface area contributed by atoms with Crippen LogP contribution >= 0.6 is 0 Å². The predicted molar refractivity (Wildman–Crippen MR) is 52.1 cm³/mol. The Morgan fingerprint density at radius 3 is 2.44 bits per heavy atom. The molecule has 88 valence electrons. The van der Waals surface area contributed by atoms with Gasteiger partial charge in [0.1, 0.15) is 5.75 Å². The first-order chi connectivity index (χ1) is 7.34. The van der Waals surface area contributed by atoms with Gasteiger partial charge in [-0.3, -0.25) is 4.79 Å². The maximum atomic E-state index is 12.4. The van der Waals surface area contributed by atoms with Gasteiger partial charge in [-0.15, -0.1) is 0 Å². The van der Waals surface area contributed by atoms with E-state index in [9.17, 15) is 18.0 Å². The van der Waals surface area contributed by atoms with Gasteiger partial charge in [0.05, 0.1) is 5.56 Å². The lowest BCUT2D eigenvalue weighted by Crippen LogP contribution is -2.08. The van der Waals surface area contributed by atoms with E-state index in [0.29, 0.717) is 12.0 Å². The molecule has 1 aromatic rings. The molecule has 0 radical (unpaired) electrons. The summed E-state index contributed by atoms with van der Waals surface area (Å²) in [6, 6.07) is 3.07. The summed E-state index contributed by atoms with van der Waals surface area (Å²) in [7, 11) is 0. The third-order valence-corrected chi connectivity index (χ3v) is 2.02. The maximum absolute atomic E-state index is 12.4. The third kappa shape index (κ3) is 2.98. The van der Waals surface area contributed by atoms with Crippen LogP contribution in [0.3, 0.4) is 0 Å². The molecule has 16 heavy (non-hydrogen) atoms. The van der Waals surface area contributed by atoms with Crippen molar-refractivity contribution in [1.82, 2.24) is 0 Å². The van der Waals surface area contributed by atoms with Gasteiger partial charge < -0.3 is 4.74 Å². The van der Waals surface area contributed by atoms with Crippen LogP contribution < -0.4 is 4.74 Å². The summed E-state index contributed by atoms with van der Waals surface area (Å²) in [5.41, 5.74) is -0.370. The van der Waals surface area contributed by atoms with Crippen molar-refractivity contribution in [3.8, 4) is 5.75 Å². The number of aryl methyl sites for hydroxylation is 1. The van der Waals surface area contributed by atoms with Gasteiger partial charge in [-0.25, -0.2) is 0 Å². The molecule has 5 heteroatoms. The van der Waals surface area contributed by atoms with Crippen molar-refractivity contribution in [3.63, 3.8) is 0 Å². The highest BCUT2D eigenvalue weighted by Crippen LogP contribution is 2.32. The van der Waals surface area contributed by atoms with Gasteiger partial charge in [-0.05, 0) is 30.2 Å². The zero-order valence-electron chi connectivity index (χ0n) is 8.89. The van der Waals surface area contributed by atoms with Crippen LogP contribution in [0.4, 0.5) is 13.2 Å². The molecule has 0 saturated carbocycles. The molecule has 0 fully saturated rings. The Bertz CT molecular complexity index is 397. The molecule has 0 unspecified atom stereocenters. The van der Waals surface area contributed by atoms with Crippen LogP contribution in [0.15, 0.2) is 18.2 Å². The number of carbonyl (C=O) groups is 1. The summed E-state index contributed by atoms with van der Waals surface area (Å²) in [5.74, 6) is -0.363. The Kier molecular flexibility index (Phi) is 3.57. The monoisotopic (exact) mass is 232 g/mol. The van der Waals surface area contributed by atoms with E-state index in [0.717, 1.165) is 12.1 Å². The number of alkyl halides is 3. The van der Waals surface area contributed by atoms with E-state index in [1.54, 1.807) is 6.92 Å². The second-order valence-corrected chi connectivity index (χ2v) is 3.27. The largest absolute Gasteiger partial charge is 0.426 e. The van der Waals surface area contributed by atoms with Gasteiger partial charge in [0.15, 0.2) is 0 Å². The zero-order chi connectivity index (χ0) is 12.3. The van der Waals surface area contributed by atoms with E-state index >= 15 is 0 Å². The van der Waals surface area contributed by atoms with Crippen LogP contribution in [-0.4, -0.2) is 5.97 Å². The molecule has 0 aromatic heterocycles. The second kappa shape index (κ2) is 4.55. The number of ether oxygens (including phenoxy) is 1. The molecule has 0 bridgehead atoms. The highest BCUT2D eigenvalue weighted by molar-refractivity contribution is 5.69. The quantitative estimate of drug-likeness (QED) is 0.578. The molecule has 0 spiro atoms. The molecular weight excluding hydrogens is 221 g/mol. The Morgan fingerprint density at radius 1 is 1.38 bits per heavy atom. The van der Waals surface area contributed by atoms with Gasteiger partial charge in [0, 0.05) is 6.92 Å². The predicted octanol–water partition coefficient (Wildman–Crippen LogP) is 3.19. The standard InChI is InChI=1S/C11H11F3O2/c1-3-8-6-9(11(12,13)14)4-5-10(8)16-7(2)15/h4-6H,3H2,1-2H3. The molecule has 0 aliphatic heterocycles. The molecule has 0 N–H and O–H groups in total.